The molecule has 3 aromatic rings. The van der Waals surface area contributed by atoms with Crippen LogP contribution in [-0.2, 0) is 11.3 Å². The molecular weight excluding hydrogens is 442 g/mol. The first kappa shape index (κ1) is 21.5. The van der Waals surface area contributed by atoms with Crippen LogP contribution in [-0.4, -0.2) is 56.7 Å². The van der Waals surface area contributed by atoms with Crippen molar-refractivity contribution in [2.45, 2.75) is 38.7 Å². The molecule has 5 heterocycles. The van der Waals surface area contributed by atoms with E-state index in [9.17, 15) is 22.4 Å². The number of alkyl halides is 4. The topological polar surface area (TPSA) is 80.0 Å². The van der Waals surface area contributed by atoms with Gasteiger partial charge in [0.1, 0.15) is 23.7 Å². The first-order valence-corrected chi connectivity index (χ1v) is 10.6. The molecule has 0 atom stereocenters. The number of anilines is 2. The van der Waals surface area contributed by atoms with E-state index in [0.29, 0.717) is 55.9 Å². The third-order valence-electron chi connectivity index (χ3n) is 6.50. The average molecular weight is 463 g/mol. The predicted octanol–water partition coefficient (Wildman–Crippen LogP) is 3.45. The van der Waals surface area contributed by atoms with Gasteiger partial charge in [-0.05, 0) is 31.4 Å². The van der Waals surface area contributed by atoms with Gasteiger partial charge in [0.2, 0.25) is 5.91 Å². The number of hydrogen-bond donors (Lipinski definition) is 0. The summed E-state index contributed by atoms with van der Waals surface area (Å²) in [5.41, 5.74) is -0.00797. The van der Waals surface area contributed by atoms with Crippen LogP contribution < -0.4 is 9.80 Å². The molecule has 8 nitrogen and oxygen atoms in total. The molecule has 1 amide bonds. The smallest absolute Gasteiger partial charge is 0.264 e. The van der Waals surface area contributed by atoms with E-state index in [-0.39, 0.29) is 17.3 Å². The highest BCUT2D eigenvalue weighted by Crippen LogP contribution is 2.43. The maximum Gasteiger partial charge on any atom is 0.264 e. The summed E-state index contributed by atoms with van der Waals surface area (Å²) >= 11 is 0. The Labute approximate surface area is 186 Å². The fraction of sp³-hybridized carbons (Fsp3) is 0.476. The first-order chi connectivity index (χ1) is 15.9. The van der Waals surface area contributed by atoms with Crippen LogP contribution in [0.5, 0.6) is 0 Å². The zero-order chi connectivity index (χ0) is 23.2. The monoisotopic (exact) mass is 463 g/mol. The molecule has 2 fully saturated rings. The summed E-state index contributed by atoms with van der Waals surface area (Å²) in [6.07, 6.45) is 0.842. The van der Waals surface area contributed by atoms with Crippen LogP contribution in [0.4, 0.5) is 29.2 Å². The normalized spacial score (nSPS) is 18.4. The lowest BCUT2D eigenvalue weighted by atomic mass is 9.77. The summed E-state index contributed by atoms with van der Waals surface area (Å²) in [6.45, 7) is 0.938. The zero-order valence-corrected chi connectivity index (χ0v) is 17.5. The van der Waals surface area contributed by atoms with Crippen LogP contribution >= 0.6 is 0 Å². The Balaban J connectivity index is 1.31. The van der Waals surface area contributed by atoms with Crippen LogP contribution in [0.1, 0.15) is 31.3 Å². The number of carbonyl (C=O) groups excluding carboxylic acids is 1. The van der Waals surface area contributed by atoms with Crippen molar-refractivity contribution in [1.82, 2.24) is 24.7 Å². The fourth-order valence-corrected chi connectivity index (χ4v) is 4.64. The van der Waals surface area contributed by atoms with Crippen molar-refractivity contribution < 1.29 is 22.4 Å². The average Bonchev–Trinajstić information content (AvgIpc) is 3.35. The largest absolute Gasteiger partial charge is 0.355 e. The summed E-state index contributed by atoms with van der Waals surface area (Å²) in [7, 11) is 0. The number of aromatic nitrogens is 5. The van der Waals surface area contributed by atoms with Crippen LogP contribution in [0.15, 0.2) is 30.7 Å². The van der Waals surface area contributed by atoms with Gasteiger partial charge < -0.3 is 4.90 Å². The molecule has 0 unspecified atom stereocenters. The number of halogens is 4. The Morgan fingerprint density at radius 2 is 1.76 bits per heavy atom. The number of carbonyl (C=O) groups is 1. The molecule has 0 aliphatic carbocycles. The number of nitrogens with zero attached hydrogens (tertiary/aromatic N) is 7. The van der Waals surface area contributed by atoms with Gasteiger partial charge in [0.15, 0.2) is 5.65 Å². The Bertz CT molecular complexity index is 1180. The van der Waals surface area contributed by atoms with E-state index in [4.69, 9.17) is 0 Å². The van der Waals surface area contributed by atoms with Crippen LogP contribution in [0.2, 0.25) is 0 Å². The third kappa shape index (κ3) is 3.87. The van der Waals surface area contributed by atoms with Crippen LogP contribution in [0.25, 0.3) is 11.2 Å². The Hall–Kier alpha value is -3.31. The second-order valence-electron chi connectivity index (χ2n) is 8.38. The van der Waals surface area contributed by atoms with Crippen molar-refractivity contribution in [2.24, 2.45) is 5.41 Å². The highest BCUT2D eigenvalue weighted by atomic mass is 19.3. The van der Waals surface area contributed by atoms with Crippen molar-refractivity contribution >= 4 is 28.7 Å². The number of fused-ring (bicyclic) bond motifs is 1. The third-order valence-corrected chi connectivity index (χ3v) is 6.50. The summed E-state index contributed by atoms with van der Waals surface area (Å²) in [4.78, 5) is 29.6. The zero-order valence-electron chi connectivity index (χ0n) is 17.5. The number of hydrogen-bond acceptors (Lipinski definition) is 6. The molecular formula is C21H21F4N7O. The Morgan fingerprint density at radius 3 is 2.48 bits per heavy atom. The van der Waals surface area contributed by atoms with E-state index in [0.717, 1.165) is 4.68 Å². The maximum absolute atomic E-state index is 13.3. The summed E-state index contributed by atoms with van der Waals surface area (Å²) < 4.78 is 52.9. The van der Waals surface area contributed by atoms with E-state index in [2.05, 4.69) is 20.1 Å². The Morgan fingerprint density at radius 1 is 1.00 bits per heavy atom. The molecule has 0 radical (unpaired) electrons. The van der Waals surface area contributed by atoms with Gasteiger partial charge in [-0.2, -0.15) is 5.10 Å². The number of rotatable bonds is 5. The molecule has 0 N–H and O–H groups in total. The van der Waals surface area contributed by atoms with Crippen molar-refractivity contribution in [1.29, 1.82) is 0 Å². The minimum atomic E-state index is -2.63. The van der Waals surface area contributed by atoms with Crippen molar-refractivity contribution in [3.63, 3.8) is 0 Å². The minimum Gasteiger partial charge on any atom is -0.355 e. The molecule has 0 bridgehead atoms. The second kappa shape index (κ2) is 8.23. The molecule has 0 saturated carbocycles. The van der Waals surface area contributed by atoms with Crippen molar-refractivity contribution in [3.8, 4) is 0 Å². The van der Waals surface area contributed by atoms with Gasteiger partial charge in [-0.3, -0.25) is 9.69 Å². The van der Waals surface area contributed by atoms with E-state index >= 15 is 0 Å². The molecule has 5 rings (SSSR count). The quantitative estimate of drug-likeness (QED) is 0.540. The molecule has 2 aliphatic heterocycles. The maximum atomic E-state index is 13.3. The summed E-state index contributed by atoms with van der Waals surface area (Å²) in [5.74, 6) is 0.695. The predicted molar refractivity (Wildman–Crippen MR) is 111 cm³/mol. The van der Waals surface area contributed by atoms with Crippen molar-refractivity contribution in [2.75, 3.05) is 29.4 Å². The van der Waals surface area contributed by atoms with Gasteiger partial charge in [-0.25, -0.2) is 37.2 Å². The molecule has 174 valence electrons. The standard InChI is InChI=1S/C21H21F4N7O/c22-15(23)12-32-19-14(10-28-32)27-11-17(29-19)30-6-2-21(3-7-30)4-8-31(20(21)33)16-9-13(18(24)25)1-5-26-16/h1,5,9-11,15,18H,2-4,6-8,12H2. The Kier molecular flexibility index (Phi) is 5.37. The summed E-state index contributed by atoms with van der Waals surface area (Å²) in [6, 6.07) is 2.51. The van der Waals surface area contributed by atoms with Crippen LogP contribution in [0, 0.1) is 5.41 Å². The van der Waals surface area contributed by atoms with Crippen LogP contribution in [0.3, 0.4) is 0 Å². The molecule has 12 heteroatoms. The van der Waals surface area contributed by atoms with E-state index in [1.54, 1.807) is 6.20 Å². The van der Waals surface area contributed by atoms with Gasteiger partial charge in [0.05, 0.1) is 17.8 Å². The lowest BCUT2D eigenvalue weighted by Gasteiger charge is -2.38. The van der Waals surface area contributed by atoms with Gasteiger partial charge >= 0.3 is 0 Å². The molecule has 3 aromatic heterocycles. The van der Waals surface area contributed by atoms with E-state index < -0.39 is 24.8 Å². The highest BCUT2D eigenvalue weighted by molar-refractivity contribution is 5.99. The van der Waals surface area contributed by atoms with Gasteiger partial charge in [-0.15, -0.1) is 0 Å². The SMILES string of the molecule is O=C1N(c2cc(C(F)F)ccn2)CCC12CCN(c1cnc3cnn(CC(F)F)c3n1)CC2. The fourth-order valence-electron chi connectivity index (χ4n) is 4.64. The molecule has 2 saturated heterocycles. The summed E-state index contributed by atoms with van der Waals surface area (Å²) in [5, 5.41) is 3.93. The number of piperidine rings is 1. The van der Waals surface area contributed by atoms with Crippen molar-refractivity contribution in [3.05, 3.63) is 36.3 Å². The number of amides is 1. The lowest BCUT2D eigenvalue weighted by molar-refractivity contribution is -0.126. The van der Waals surface area contributed by atoms with Gasteiger partial charge in [0, 0.05) is 31.4 Å². The van der Waals surface area contributed by atoms with E-state index in [1.807, 2.05) is 4.90 Å². The molecule has 33 heavy (non-hydrogen) atoms. The lowest BCUT2D eigenvalue weighted by Crippen LogP contribution is -2.45. The van der Waals surface area contributed by atoms with E-state index in [1.165, 1.54) is 29.4 Å². The second-order valence-corrected chi connectivity index (χ2v) is 8.38. The van der Waals surface area contributed by atoms with Gasteiger partial charge in [-0.1, -0.05) is 0 Å². The highest BCUT2D eigenvalue weighted by Gasteiger charge is 2.49. The minimum absolute atomic E-state index is 0.0994. The molecule has 0 aromatic carbocycles. The first-order valence-electron chi connectivity index (χ1n) is 10.6. The number of pyridine rings is 1. The molecule has 1 spiro atoms. The molecule has 2 aliphatic rings. The van der Waals surface area contributed by atoms with Gasteiger partial charge in [0.25, 0.3) is 12.9 Å².